The Kier molecular flexibility index (Phi) is 5.65. The van der Waals surface area contributed by atoms with E-state index in [-0.39, 0.29) is 11.9 Å². The number of imidazole rings is 1. The summed E-state index contributed by atoms with van der Waals surface area (Å²) in [6.07, 6.45) is 3.84. The number of carbonyl (C=O) groups excluding carboxylic acids is 1. The van der Waals surface area contributed by atoms with Crippen molar-refractivity contribution in [2.45, 2.75) is 25.9 Å². The van der Waals surface area contributed by atoms with Crippen LogP contribution in [-0.4, -0.2) is 35.7 Å². The summed E-state index contributed by atoms with van der Waals surface area (Å²) in [5.74, 6) is 0.00590. The van der Waals surface area contributed by atoms with E-state index in [1.165, 1.54) is 0 Å². The van der Waals surface area contributed by atoms with E-state index in [0.717, 1.165) is 5.69 Å². The minimum Gasteiger partial charge on any atom is -0.383 e. The first-order chi connectivity index (χ1) is 8.15. The first kappa shape index (κ1) is 13.7. The Hall–Kier alpha value is -1.40. The van der Waals surface area contributed by atoms with Gasteiger partial charge in [-0.2, -0.15) is 0 Å². The molecule has 0 saturated heterocycles. The zero-order valence-corrected chi connectivity index (χ0v) is 10.3. The van der Waals surface area contributed by atoms with Gasteiger partial charge in [0.25, 0.3) is 0 Å². The minimum atomic E-state index is -0.0750. The van der Waals surface area contributed by atoms with Crippen molar-refractivity contribution in [2.24, 2.45) is 5.73 Å². The van der Waals surface area contributed by atoms with Crippen molar-refractivity contribution in [1.29, 1.82) is 0 Å². The van der Waals surface area contributed by atoms with Gasteiger partial charge in [-0.05, 0) is 6.92 Å². The molecule has 0 saturated carbocycles. The lowest BCUT2D eigenvalue weighted by Crippen LogP contribution is -2.28. The molecule has 0 fully saturated rings. The summed E-state index contributed by atoms with van der Waals surface area (Å²) in [6.45, 7) is 3.56. The van der Waals surface area contributed by atoms with Gasteiger partial charge in [-0.25, -0.2) is 4.98 Å². The molecule has 0 aromatic carbocycles. The van der Waals surface area contributed by atoms with Crippen molar-refractivity contribution in [3.63, 3.8) is 0 Å². The molecular formula is C11H20N4O2. The topological polar surface area (TPSA) is 82.2 Å². The molecule has 0 aliphatic rings. The van der Waals surface area contributed by atoms with Crippen molar-refractivity contribution < 1.29 is 9.53 Å². The monoisotopic (exact) mass is 240 g/mol. The Morgan fingerprint density at radius 3 is 3.12 bits per heavy atom. The third-order valence-corrected chi connectivity index (χ3v) is 2.42. The van der Waals surface area contributed by atoms with Gasteiger partial charge in [0.1, 0.15) is 0 Å². The molecule has 96 valence electrons. The molecule has 1 rings (SSSR count). The van der Waals surface area contributed by atoms with Gasteiger partial charge in [-0.15, -0.1) is 0 Å². The summed E-state index contributed by atoms with van der Waals surface area (Å²) in [6, 6.07) is -0.0750. The second-order valence-electron chi connectivity index (χ2n) is 3.89. The largest absolute Gasteiger partial charge is 0.383 e. The number of hydrogen-bond acceptors (Lipinski definition) is 4. The fraction of sp³-hybridized carbons (Fsp3) is 0.636. The van der Waals surface area contributed by atoms with Crippen molar-refractivity contribution in [1.82, 2.24) is 14.9 Å². The highest BCUT2D eigenvalue weighted by atomic mass is 16.5. The van der Waals surface area contributed by atoms with E-state index in [0.29, 0.717) is 26.1 Å². The second-order valence-corrected chi connectivity index (χ2v) is 3.89. The Balaban J connectivity index is 2.34. The van der Waals surface area contributed by atoms with Crippen LogP contribution >= 0.6 is 0 Å². The highest BCUT2D eigenvalue weighted by molar-refractivity contribution is 5.75. The molecule has 0 spiro atoms. The maximum atomic E-state index is 11.5. The molecule has 1 aromatic heterocycles. The summed E-state index contributed by atoms with van der Waals surface area (Å²) in [5, 5.41) is 2.77. The van der Waals surface area contributed by atoms with E-state index < -0.39 is 0 Å². The first-order valence-corrected chi connectivity index (χ1v) is 5.66. The summed E-state index contributed by atoms with van der Waals surface area (Å²) in [7, 11) is 1.60. The van der Waals surface area contributed by atoms with Crippen LogP contribution in [0.3, 0.4) is 0 Å². The molecular weight excluding hydrogens is 220 g/mol. The van der Waals surface area contributed by atoms with E-state index >= 15 is 0 Å². The van der Waals surface area contributed by atoms with E-state index in [1.807, 2.05) is 11.5 Å². The average molecular weight is 240 g/mol. The van der Waals surface area contributed by atoms with Gasteiger partial charge in [0, 0.05) is 38.9 Å². The summed E-state index contributed by atoms with van der Waals surface area (Å²) < 4.78 is 6.75. The lowest BCUT2D eigenvalue weighted by molar-refractivity contribution is -0.121. The van der Waals surface area contributed by atoms with Gasteiger partial charge in [0.05, 0.1) is 18.6 Å². The van der Waals surface area contributed by atoms with Crippen LogP contribution in [0, 0.1) is 0 Å². The number of nitrogens with one attached hydrogen (secondary N) is 1. The molecule has 0 unspecified atom stereocenters. The maximum absolute atomic E-state index is 11.5. The molecule has 0 radical (unpaired) electrons. The van der Waals surface area contributed by atoms with Crippen LogP contribution in [-0.2, 0) is 16.1 Å². The Bertz CT molecular complexity index is 349. The van der Waals surface area contributed by atoms with Crippen LogP contribution in [0.5, 0.6) is 0 Å². The molecule has 6 nitrogen and oxygen atoms in total. The third-order valence-electron chi connectivity index (χ3n) is 2.42. The van der Waals surface area contributed by atoms with Crippen LogP contribution in [0.25, 0.3) is 0 Å². The fourth-order valence-corrected chi connectivity index (χ4v) is 1.50. The van der Waals surface area contributed by atoms with Gasteiger partial charge >= 0.3 is 0 Å². The van der Waals surface area contributed by atoms with Gasteiger partial charge in [0.15, 0.2) is 0 Å². The number of amides is 1. The minimum absolute atomic E-state index is 0.00590. The van der Waals surface area contributed by atoms with Crippen LogP contribution in [0.15, 0.2) is 12.5 Å². The zero-order chi connectivity index (χ0) is 12.7. The number of nitrogens with zero attached hydrogens (tertiary/aromatic N) is 2. The van der Waals surface area contributed by atoms with Gasteiger partial charge in [-0.1, -0.05) is 0 Å². The number of ether oxygens (including phenoxy) is 1. The predicted molar refractivity (Wildman–Crippen MR) is 64.3 cm³/mol. The number of rotatable bonds is 7. The molecule has 1 atom stereocenters. The van der Waals surface area contributed by atoms with Crippen LogP contribution in [0.1, 0.15) is 25.1 Å². The fourth-order valence-electron chi connectivity index (χ4n) is 1.50. The molecule has 0 aliphatic carbocycles. The highest BCUT2D eigenvalue weighted by Gasteiger charge is 2.08. The Labute approximate surface area is 101 Å². The normalized spacial score (nSPS) is 12.4. The van der Waals surface area contributed by atoms with Gasteiger partial charge in [0.2, 0.25) is 5.91 Å². The number of carbonyl (C=O) groups is 1. The Morgan fingerprint density at radius 2 is 2.47 bits per heavy atom. The molecule has 0 aliphatic heterocycles. The Morgan fingerprint density at radius 1 is 1.71 bits per heavy atom. The van der Waals surface area contributed by atoms with Crippen molar-refractivity contribution >= 4 is 5.91 Å². The maximum Gasteiger partial charge on any atom is 0.221 e. The lowest BCUT2D eigenvalue weighted by atomic mass is 10.2. The first-order valence-electron chi connectivity index (χ1n) is 5.66. The highest BCUT2D eigenvalue weighted by Crippen LogP contribution is 2.08. The van der Waals surface area contributed by atoms with Crippen LogP contribution in [0.4, 0.5) is 0 Å². The average Bonchev–Trinajstić information content (AvgIpc) is 2.75. The van der Waals surface area contributed by atoms with Crippen LogP contribution < -0.4 is 11.1 Å². The van der Waals surface area contributed by atoms with E-state index in [1.54, 1.807) is 19.6 Å². The van der Waals surface area contributed by atoms with Crippen molar-refractivity contribution in [3.05, 3.63) is 18.2 Å². The molecule has 6 heteroatoms. The second kappa shape index (κ2) is 7.03. The number of nitrogens with two attached hydrogens (primary N) is 1. The summed E-state index contributed by atoms with van der Waals surface area (Å²) >= 11 is 0. The van der Waals surface area contributed by atoms with E-state index in [4.69, 9.17) is 10.5 Å². The van der Waals surface area contributed by atoms with Crippen molar-refractivity contribution in [3.8, 4) is 0 Å². The number of hydrogen-bond donors (Lipinski definition) is 2. The molecule has 3 N–H and O–H groups in total. The SMILES string of the molecule is COCCNC(=O)CCn1cncc1[C@H](C)N. The van der Waals surface area contributed by atoms with E-state index in [2.05, 4.69) is 10.3 Å². The molecule has 1 aromatic rings. The van der Waals surface area contributed by atoms with Crippen LogP contribution in [0.2, 0.25) is 0 Å². The predicted octanol–water partition coefficient (Wildman–Crippen LogP) is 0.0555. The van der Waals surface area contributed by atoms with E-state index in [9.17, 15) is 4.79 Å². The standard InChI is InChI=1S/C11H20N4O2/c1-9(12)10-7-13-8-15(10)5-3-11(16)14-4-6-17-2/h7-9H,3-6,12H2,1-2H3,(H,14,16)/t9-/m0/s1. The van der Waals surface area contributed by atoms with Gasteiger partial charge < -0.3 is 20.4 Å². The molecule has 17 heavy (non-hydrogen) atoms. The molecule has 0 bridgehead atoms. The molecule has 1 amide bonds. The lowest BCUT2D eigenvalue weighted by Gasteiger charge is -2.10. The number of methoxy groups -OCH3 is 1. The summed E-state index contributed by atoms with van der Waals surface area (Å²) in [4.78, 5) is 15.5. The zero-order valence-electron chi connectivity index (χ0n) is 10.3. The quantitative estimate of drug-likeness (QED) is 0.660. The number of aryl methyl sites for hydroxylation is 1. The van der Waals surface area contributed by atoms with Gasteiger partial charge in [-0.3, -0.25) is 4.79 Å². The number of aromatic nitrogens is 2. The summed E-state index contributed by atoms with van der Waals surface area (Å²) in [5.41, 5.74) is 6.73. The smallest absolute Gasteiger partial charge is 0.221 e. The van der Waals surface area contributed by atoms with Crippen molar-refractivity contribution in [2.75, 3.05) is 20.3 Å². The molecule has 1 heterocycles. The third kappa shape index (κ3) is 4.54.